The van der Waals surface area contributed by atoms with E-state index < -0.39 is 0 Å². The highest BCUT2D eigenvalue weighted by Crippen LogP contribution is 2.26. The number of carbonyl (C=O) groups excluding carboxylic acids is 1. The average molecular weight is 333 g/mol. The second-order valence-electron chi connectivity index (χ2n) is 6.47. The van der Waals surface area contributed by atoms with Gasteiger partial charge in [0.1, 0.15) is 0 Å². The molecule has 1 saturated carbocycles. The molecule has 0 spiro atoms. The van der Waals surface area contributed by atoms with E-state index in [0.717, 1.165) is 64.6 Å². The highest BCUT2D eigenvalue weighted by molar-refractivity contribution is 5.80. The van der Waals surface area contributed by atoms with E-state index in [1.165, 1.54) is 12.8 Å². The van der Waals surface area contributed by atoms with Crippen LogP contribution in [0.15, 0.2) is 4.99 Å². The molecule has 1 amide bonds. The molecule has 1 aliphatic carbocycles. The maximum Gasteiger partial charge on any atom is 0.225 e. The fraction of sp³-hybridized carbons (Fsp3) is 0.778. The quantitative estimate of drug-likeness (QED) is 0.422. The molecule has 134 valence electrons. The fourth-order valence-electron chi connectivity index (χ4n) is 3.40. The Hall–Kier alpha value is -1.74. The summed E-state index contributed by atoms with van der Waals surface area (Å²) in [7, 11) is 0. The molecule has 0 bridgehead atoms. The van der Waals surface area contributed by atoms with Gasteiger partial charge in [-0.3, -0.25) is 14.7 Å². The lowest BCUT2D eigenvalue weighted by Gasteiger charge is -2.35. The lowest BCUT2D eigenvalue weighted by atomic mass is 10.1. The molecule has 6 heteroatoms. The van der Waals surface area contributed by atoms with Crippen LogP contribution in [0.3, 0.4) is 0 Å². The Labute approximate surface area is 146 Å². The monoisotopic (exact) mass is 333 g/mol. The highest BCUT2D eigenvalue weighted by atomic mass is 16.2. The molecular weight excluding hydrogens is 302 g/mol. The van der Waals surface area contributed by atoms with E-state index in [2.05, 4.69) is 31.3 Å². The molecule has 0 unspecified atom stereocenters. The minimum atomic E-state index is 0.297. The number of terminal acetylenes is 1. The van der Waals surface area contributed by atoms with Crippen molar-refractivity contribution in [3.8, 4) is 12.3 Å². The predicted octanol–water partition coefficient (Wildman–Crippen LogP) is 0.509. The zero-order valence-electron chi connectivity index (χ0n) is 14.9. The van der Waals surface area contributed by atoms with Crippen molar-refractivity contribution in [2.45, 2.75) is 32.6 Å². The van der Waals surface area contributed by atoms with E-state index in [1.54, 1.807) is 0 Å². The third-order valence-corrected chi connectivity index (χ3v) is 4.78. The van der Waals surface area contributed by atoms with Gasteiger partial charge in [-0.15, -0.1) is 6.42 Å². The van der Waals surface area contributed by atoms with Gasteiger partial charge in [-0.05, 0) is 19.8 Å². The van der Waals surface area contributed by atoms with Gasteiger partial charge in [0.15, 0.2) is 5.96 Å². The second-order valence-corrected chi connectivity index (χ2v) is 6.47. The molecular formula is C18H31N5O. The van der Waals surface area contributed by atoms with Crippen LogP contribution in [-0.2, 0) is 4.79 Å². The molecule has 0 aromatic heterocycles. The third-order valence-electron chi connectivity index (χ3n) is 4.78. The number of aliphatic imine (C=N–C) groups is 1. The van der Waals surface area contributed by atoms with Crippen LogP contribution in [-0.4, -0.2) is 74.0 Å². The molecule has 24 heavy (non-hydrogen) atoms. The first-order valence-corrected chi connectivity index (χ1v) is 9.21. The maximum absolute atomic E-state index is 12.4. The Morgan fingerprint density at radius 2 is 1.92 bits per heavy atom. The number of carbonyl (C=O) groups is 1. The molecule has 2 fully saturated rings. The Bertz CT molecular complexity index is 457. The van der Waals surface area contributed by atoms with Gasteiger partial charge in [-0.25, -0.2) is 0 Å². The molecule has 1 saturated heterocycles. The molecule has 2 N–H and O–H groups in total. The Morgan fingerprint density at radius 1 is 1.21 bits per heavy atom. The predicted molar refractivity (Wildman–Crippen MR) is 97.8 cm³/mol. The van der Waals surface area contributed by atoms with Crippen LogP contribution in [0.25, 0.3) is 0 Å². The SMILES string of the molecule is C#CCNC(=NCCN1CCN(C(=O)C2CCCC2)CC1)NCC. The fourth-order valence-corrected chi connectivity index (χ4v) is 3.40. The van der Waals surface area contributed by atoms with Crippen LogP contribution in [0.4, 0.5) is 0 Å². The first-order chi connectivity index (χ1) is 11.7. The first kappa shape index (κ1) is 18.6. The van der Waals surface area contributed by atoms with Gasteiger partial charge in [-0.1, -0.05) is 18.8 Å². The van der Waals surface area contributed by atoms with E-state index in [1.807, 2.05) is 6.92 Å². The molecule has 1 aliphatic heterocycles. The van der Waals surface area contributed by atoms with Crippen molar-refractivity contribution in [1.82, 2.24) is 20.4 Å². The summed E-state index contributed by atoms with van der Waals surface area (Å²) in [6.07, 6.45) is 9.88. The lowest BCUT2D eigenvalue weighted by Crippen LogP contribution is -2.50. The van der Waals surface area contributed by atoms with Gasteiger partial charge < -0.3 is 15.5 Å². The first-order valence-electron chi connectivity index (χ1n) is 9.21. The summed E-state index contributed by atoms with van der Waals surface area (Å²) in [5.41, 5.74) is 0. The second kappa shape index (κ2) is 10.2. The number of rotatable bonds is 6. The van der Waals surface area contributed by atoms with Crippen molar-refractivity contribution in [2.24, 2.45) is 10.9 Å². The molecule has 2 aliphatic rings. The maximum atomic E-state index is 12.4. The molecule has 0 atom stereocenters. The van der Waals surface area contributed by atoms with Crippen LogP contribution >= 0.6 is 0 Å². The number of nitrogens with one attached hydrogen (secondary N) is 2. The summed E-state index contributed by atoms with van der Waals surface area (Å²) in [6, 6.07) is 0. The third kappa shape index (κ3) is 5.72. The van der Waals surface area contributed by atoms with E-state index in [9.17, 15) is 4.79 Å². The zero-order valence-corrected chi connectivity index (χ0v) is 14.9. The number of amides is 1. The molecule has 2 rings (SSSR count). The van der Waals surface area contributed by atoms with Gasteiger partial charge in [0.25, 0.3) is 0 Å². The van der Waals surface area contributed by atoms with E-state index in [4.69, 9.17) is 6.42 Å². The van der Waals surface area contributed by atoms with Gasteiger partial charge in [-0.2, -0.15) is 0 Å². The van der Waals surface area contributed by atoms with Crippen molar-refractivity contribution in [3.05, 3.63) is 0 Å². The minimum absolute atomic E-state index is 0.297. The normalized spacial score (nSPS) is 20.0. The van der Waals surface area contributed by atoms with Crippen LogP contribution in [0.1, 0.15) is 32.6 Å². The van der Waals surface area contributed by atoms with Crippen molar-refractivity contribution in [3.63, 3.8) is 0 Å². The number of hydrogen-bond donors (Lipinski definition) is 2. The van der Waals surface area contributed by atoms with Crippen molar-refractivity contribution < 1.29 is 4.79 Å². The van der Waals surface area contributed by atoms with Crippen molar-refractivity contribution in [1.29, 1.82) is 0 Å². The van der Waals surface area contributed by atoms with Crippen molar-refractivity contribution in [2.75, 3.05) is 52.4 Å². The molecule has 0 aromatic rings. The number of guanidine groups is 1. The smallest absolute Gasteiger partial charge is 0.225 e. The van der Waals surface area contributed by atoms with Gasteiger partial charge >= 0.3 is 0 Å². The van der Waals surface area contributed by atoms with Gasteiger partial charge in [0, 0.05) is 45.2 Å². The number of nitrogens with zero attached hydrogens (tertiary/aromatic N) is 3. The lowest BCUT2D eigenvalue weighted by molar-refractivity contribution is -0.137. The topological polar surface area (TPSA) is 60.0 Å². The zero-order chi connectivity index (χ0) is 17.2. The largest absolute Gasteiger partial charge is 0.357 e. The van der Waals surface area contributed by atoms with Crippen LogP contribution < -0.4 is 10.6 Å². The van der Waals surface area contributed by atoms with E-state index in [0.29, 0.717) is 18.4 Å². The minimum Gasteiger partial charge on any atom is -0.357 e. The number of piperazine rings is 1. The van der Waals surface area contributed by atoms with Crippen LogP contribution in [0, 0.1) is 18.3 Å². The summed E-state index contributed by atoms with van der Waals surface area (Å²) >= 11 is 0. The van der Waals surface area contributed by atoms with Gasteiger partial charge in [0.05, 0.1) is 13.1 Å². The van der Waals surface area contributed by atoms with E-state index in [-0.39, 0.29) is 0 Å². The van der Waals surface area contributed by atoms with Crippen LogP contribution in [0.5, 0.6) is 0 Å². The summed E-state index contributed by atoms with van der Waals surface area (Å²) in [6.45, 7) is 8.59. The Balaban J connectivity index is 1.68. The molecule has 6 nitrogen and oxygen atoms in total. The molecule has 0 radical (unpaired) electrons. The van der Waals surface area contributed by atoms with E-state index >= 15 is 0 Å². The summed E-state index contributed by atoms with van der Waals surface area (Å²) in [4.78, 5) is 21.4. The highest BCUT2D eigenvalue weighted by Gasteiger charge is 2.29. The molecule has 1 heterocycles. The molecule has 0 aromatic carbocycles. The Kier molecular flexibility index (Phi) is 7.90. The number of hydrogen-bond acceptors (Lipinski definition) is 3. The summed E-state index contributed by atoms with van der Waals surface area (Å²) in [5, 5.41) is 6.27. The Morgan fingerprint density at radius 3 is 2.54 bits per heavy atom. The summed E-state index contributed by atoms with van der Waals surface area (Å²) < 4.78 is 0. The van der Waals surface area contributed by atoms with Gasteiger partial charge in [0.2, 0.25) is 5.91 Å². The average Bonchev–Trinajstić information content (AvgIpc) is 3.14. The van der Waals surface area contributed by atoms with Crippen LogP contribution in [0.2, 0.25) is 0 Å². The summed E-state index contributed by atoms with van der Waals surface area (Å²) in [5.74, 6) is 4.01. The van der Waals surface area contributed by atoms with Crippen molar-refractivity contribution >= 4 is 11.9 Å². The standard InChI is InChI=1S/C18H31N5O/c1-3-9-20-18(19-4-2)21-10-11-22-12-14-23(15-13-22)17(24)16-7-5-6-8-16/h1,16H,4-15H2,2H3,(H2,19,20,21).